The van der Waals surface area contributed by atoms with Crippen molar-refractivity contribution >= 4 is 11.6 Å². The molecular formula is C22H25F3O4. The summed E-state index contributed by atoms with van der Waals surface area (Å²) in [5.74, 6) is -2.75. The van der Waals surface area contributed by atoms with Crippen LogP contribution in [0.25, 0.3) is 0 Å². The molecule has 1 atom stereocenters. The Morgan fingerprint density at radius 1 is 0.966 bits per heavy atom. The zero-order valence-corrected chi connectivity index (χ0v) is 16.6. The van der Waals surface area contributed by atoms with Crippen molar-refractivity contribution in [2.45, 2.75) is 44.7 Å². The van der Waals surface area contributed by atoms with Gasteiger partial charge in [0.25, 0.3) is 0 Å². The molecule has 0 spiro atoms. The molecular weight excluding hydrogens is 385 g/mol. The normalized spacial score (nSPS) is 31.4. The highest BCUT2D eigenvalue weighted by atomic mass is 19.4. The lowest BCUT2D eigenvalue weighted by molar-refractivity contribution is -0.183. The minimum absolute atomic E-state index is 0.0565. The highest BCUT2D eigenvalue weighted by Gasteiger charge is 2.61. The summed E-state index contributed by atoms with van der Waals surface area (Å²) < 4.78 is 51.1. The third-order valence-corrected chi connectivity index (χ3v) is 7.17. The molecule has 0 radical (unpaired) electrons. The Morgan fingerprint density at radius 2 is 1.48 bits per heavy atom. The van der Waals surface area contributed by atoms with Gasteiger partial charge in [-0.15, -0.1) is 0 Å². The van der Waals surface area contributed by atoms with Crippen LogP contribution in [-0.4, -0.2) is 32.0 Å². The van der Waals surface area contributed by atoms with Gasteiger partial charge >= 0.3 is 6.18 Å². The molecule has 4 fully saturated rings. The molecule has 0 aromatic heterocycles. The van der Waals surface area contributed by atoms with Crippen LogP contribution in [0.2, 0.25) is 0 Å². The largest absolute Gasteiger partial charge is 0.493 e. The number of carbonyl (C=O) groups excluding carboxylic acids is 2. The Hall–Kier alpha value is -2.05. The Balaban J connectivity index is 1.76. The van der Waals surface area contributed by atoms with Crippen molar-refractivity contribution < 1.29 is 32.2 Å². The summed E-state index contributed by atoms with van der Waals surface area (Å²) in [5, 5.41) is 0. The second-order valence-electron chi connectivity index (χ2n) is 9.01. The van der Waals surface area contributed by atoms with Crippen molar-refractivity contribution in [1.82, 2.24) is 0 Å². The first-order valence-electron chi connectivity index (χ1n) is 10.0. The Kier molecular flexibility index (Phi) is 4.90. The standard InChI is InChI=1S/C22H25F3O4/c1-28-16-4-3-15(8-17(16)29-2)19(26)18(20(27)22(23,24)25)21-9-12-5-13(10-21)7-14(6-12)11-21/h3-4,8,12-14,18H,5-7,9-11H2,1-2H3. The highest BCUT2D eigenvalue weighted by molar-refractivity contribution is 6.13. The SMILES string of the molecule is COc1ccc(C(=O)C(C(=O)C(F)(F)F)C23CC4CC(CC(C4)C2)C3)cc1OC. The van der Waals surface area contributed by atoms with Crippen LogP contribution in [-0.2, 0) is 4.79 Å². The van der Waals surface area contributed by atoms with Gasteiger partial charge in [0.05, 0.1) is 20.1 Å². The smallest absolute Gasteiger partial charge is 0.450 e. The third kappa shape index (κ3) is 3.42. The Bertz CT molecular complexity index is 795. The molecule has 5 rings (SSSR count). The molecule has 1 unspecified atom stereocenters. The first kappa shape index (κ1) is 20.2. The van der Waals surface area contributed by atoms with Crippen molar-refractivity contribution in [2.75, 3.05) is 14.2 Å². The predicted molar refractivity (Wildman–Crippen MR) is 99.0 cm³/mol. The second kappa shape index (κ2) is 7.03. The van der Waals surface area contributed by atoms with Crippen LogP contribution in [0.4, 0.5) is 13.2 Å². The van der Waals surface area contributed by atoms with Gasteiger partial charge in [-0.2, -0.15) is 13.2 Å². The van der Waals surface area contributed by atoms with E-state index in [2.05, 4.69) is 0 Å². The van der Waals surface area contributed by atoms with Crippen molar-refractivity contribution in [2.24, 2.45) is 29.1 Å². The molecule has 158 valence electrons. The van der Waals surface area contributed by atoms with Gasteiger partial charge in [0.15, 0.2) is 17.3 Å². The number of ketones is 2. The summed E-state index contributed by atoms with van der Waals surface area (Å²) in [7, 11) is 2.83. The summed E-state index contributed by atoms with van der Waals surface area (Å²) in [4.78, 5) is 26.0. The van der Waals surface area contributed by atoms with Crippen molar-refractivity contribution in [3.8, 4) is 11.5 Å². The van der Waals surface area contributed by atoms with Gasteiger partial charge in [-0.25, -0.2) is 0 Å². The molecule has 0 amide bonds. The molecule has 29 heavy (non-hydrogen) atoms. The minimum Gasteiger partial charge on any atom is -0.493 e. The van der Waals surface area contributed by atoms with Crippen molar-refractivity contribution in [1.29, 1.82) is 0 Å². The molecule has 4 saturated carbocycles. The molecule has 0 heterocycles. The summed E-state index contributed by atoms with van der Waals surface area (Å²) >= 11 is 0. The predicted octanol–water partition coefficient (Wildman–Crippen LogP) is 4.85. The van der Waals surface area contributed by atoms with Crippen molar-refractivity contribution in [3.63, 3.8) is 0 Å². The van der Waals surface area contributed by atoms with E-state index in [1.165, 1.54) is 32.4 Å². The fraction of sp³-hybridized carbons (Fsp3) is 0.636. The first-order valence-corrected chi connectivity index (χ1v) is 10.0. The fourth-order valence-electron chi connectivity index (χ4n) is 6.53. The van der Waals surface area contributed by atoms with Gasteiger partial charge in [0.1, 0.15) is 0 Å². The number of ether oxygens (including phenoxy) is 2. The van der Waals surface area contributed by atoms with E-state index < -0.39 is 29.1 Å². The van der Waals surface area contributed by atoms with Crippen LogP contribution in [0.15, 0.2) is 18.2 Å². The maximum atomic E-state index is 13.6. The molecule has 0 saturated heterocycles. The number of hydrogen-bond donors (Lipinski definition) is 0. The molecule has 4 aliphatic carbocycles. The molecule has 0 aliphatic heterocycles. The molecule has 4 aliphatic rings. The number of Topliss-reactive ketones (excluding diaryl/α,β-unsaturated/α-hetero) is 2. The van der Waals surface area contributed by atoms with E-state index in [-0.39, 0.29) is 11.3 Å². The fourth-order valence-corrected chi connectivity index (χ4v) is 6.53. The van der Waals surface area contributed by atoms with Gasteiger partial charge in [0, 0.05) is 5.56 Å². The van der Waals surface area contributed by atoms with Gasteiger partial charge in [-0.05, 0) is 79.9 Å². The number of methoxy groups -OCH3 is 2. The van der Waals surface area contributed by atoms with E-state index in [1.807, 2.05) is 0 Å². The third-order valence-electron chi connectivity index (χ3n) is 7.17. The second-order valence-corrected chi connectivity index (χ2v) is 9.01. The van der Waals surface area contributed by atoms with E-state index in [9.17, 15) is 22.8 Å². The average Bonchev–Trinajstić information content (AvgIpc) is 2.65. The van der Waals surface area contributed by atoms with Gasteiger partial charge < -0.3 is 9.47 Å². The van der Waals surface area contributed by atoms with Crippen LogP contribution in [0.5, 0.6) is 11.5 Å². The Labute approximate surface area is 167 Å². The van der Waals surface area contributed by atoms with Crippen molar-refractivity contribution in [3.05, 3.63) is 23.8 Å². The van der Waals surface area contributed by atoms with Crippen LogP contribution >= 0.6 is 0 Å². The number of alkyl halides is 3. The Morgan fingerprint density at radius 3 is 1.93 bits per heavy atom. The van der Waals surface area contributed by atoms with E-state index in [4.69, 9.17) is 9.47 Å². The zero-order valence-electron chi connectivity index (χ0n) is 16.6. The zero-order chi connectivity index (χ0) is 21.0. The van der Waals surface area contributed by atoms with Crippen LogP contribution in [0, 0.1) is 29.1 Å². The van der Waals surface area contributed by atoms with Gasteiger partial charge in [-0.3, -0.25) is 9.59 Å². The number of hydrogen-bond acceptors (Lipinski definition) is 4. The van der Waals surface area contributed by atoms with Gasteiger partial charge in [0.2, 0.25) is 5.78 Å². The van der Waals surface area contributed by atoms with Crippen LogP contribution in [0.1, 0.15) is 48.9 Å². The first-order chi connectivity index (χ1) is 13.7. The summed E-state index contributed by atoms with van der Waals surface area (Å²) in [5.41, 5.74) is -0.827. The lowest BCUT2D eigenvalue weighted by Gasteiger charge is -2.58. The summed E-state index contributed by atoms with van der Waals surface area (Å²) in [6.07, 6.45) is -0.413. The summed E-state index contributed by atoms with van der Waals surface area (Å²) in [6, 6.07) is 4.28. The maximum absolute atomic E-state index is 13.6. The lowest BCUT2D eigenvalue weighted by atomic mass is 9.45. The molecule has 7 heteroatoms. The molecule has 1 aromatic rings. The average molecular weight is 410 g/mol. The minimum atomic E-state index is -5.04. The van der Waals surface area contributed by atoms with Crippen LogP contribution < -0.4 is 9.47 Å². The number of benzene rings is 1. The molecule has 1 aromatic carbocycles. The topological polar surface area (TPSA) is 52.6 Å². The molecule has 0 N–H and O–H groups in total. The maximum Gasteiger partial charge on any atom is 0.450 e. The highest BCUT2D eigenvalue weighted by Crippen LogP contribution is 2.63. The monoisotopic (exact) mass is 410 g/mol. The van der Waals surface area contributed by atoms with E-state index in [0.29, 0.717) is 42.8 Å². The van der Waals surface area contributed by atoms with E-state index >= 15 is 0 Å². The van der Waals surface area contributed by atoms with Crippen LogP contribution in [0.3, 0.4) is 0 Å². The molecule has 4 bridgehead atoms. The van der Waals surface area contributed by atoms with E-state index in [1.54, 1.807) is 0 Å². The number of carbonyl (C=O) groups is 2. The quantitative estimate of drug-likeness (QED) is 0.497. The molecule has 4 nitrogen and oxygen atoms in total. The number of halogens is 3. The number of rotatable bonds is 6. The summed E-state index contributed by atoms with van der Waals surface area (Å²) in [6.45, 7) is 0. The van der Waals surface area contributed by atoms with E-state index in [0.717, 1.165) is 19.3 Å². The lowest BCUT2D eigenvalue weighted by Crippen LogP contribution is -2.55. The van der Waals surface area contributed by atoms with Gasteiger partial charge in [-0.1, -0.05) is 0 Å².